The van der Waals surface area contributed by atoms with Gasteiger partial charge in [-0.1, -0.05) is 0 Å². The van der Waals surface area contributed by atoms with Gasteiger partial charge < -0.3 is 15.0 Å². The van der Waals surface area contributed by atoms with Crippen molar-refractivity contribution in [2.24, 2.45) is 0 Å². The van der Waals surface area contributed by atoms with Crippen LogP contribution in [0.1, 0.15) is 39.8 Å². The van der Waals surface area contributed by atoms with Gasteiger partial charge in [-0.3, -0.25) is 9.69 Å². The molecule has 28 heavy (non-hydrogen) atoms. The smallest absolute Gasteiger partial charge is 0.407 e. The van der Waals surface area contributed by atoms with E-state index in [9.17, 15) is 14.0 Å². The molecule has 0 saturated carbocycles. The summed E-state index contributed by atoms with van der Waals surface area (Å²) in [6.45, 7) is 9.60. The van der Waals surface area contributed by atoms with Crippen molar-refractivity contribution in [3.63, 3.8) is 0 Å². The van der Waals surface area contributed by atoms with Gasteiger partial charge in [-0.05, 0) is 34.1 Å². The van der Waals surface area contributed by atoms with E-state index in [4.69, 9.17) is 4.74 Å². The molecule has 0 bridgehead atoms. The Balaban J connectivity index is 1.91. The number of carbonyl (C=O) groups is 2. The summed E-state index contributed by atoms with van der Waals surface area (Å²) in [6.07, 6.45) is 0.907. The Morgan fingerprint density at radius 1 is 1.46 bits per heavy atom. The number of hydrogen-bond donors (Lipinski definition) is 1. The van der Waals surface area contributed by atoms with E-state index >= 15 is 0 Å². The van der Waals surface area contributed by atoms with E-state index in [1.54, 1.807) is 11.7 Å². The molecule has 1 saturated heterocycles. The first-order valence-electron chi connectivity index (χ1n) is 9.68. The molecular weight excluding hydrogens is 365 g/mol. The number of carbonyl (C=O) groups excluding carboxylic acids is 2. The molecule has 158 valence electrons. The van der Waals surface area contributed by atoms with Crippen molar-refractivity contribution < 1.29 is 18.7 Å². The van der Waals surface area contributed by atoms with Gasteiger partial charge in [-0.25, -0.2) is 13.9 Å². The van der Waals surface area contributed by atoms with Crippen molar-refractivity contribution in [2.45, 2.75) is 64.9 Å². The molecule has 0 spiro atoms. The molecule has 1 aliphatic rings. The number of alkyl halides is 1. The molecular formula is C19H32FN5O3. The molecule has 2 heterocycles. The molecule has 1 N–H and O–H groups in total. The lowest BCUT2D eigenvalue weighted by Crippen LogP contribution is -2.48. The molecule has 1 aliphatic heterocycles. The monoisotopic (exact) mass is 397 g/mol. The maximum absolute atomic E-state index is 12.9. The maximum atomic E-state index is 12.9. The second-order valence-electron chi connectivity index (χ2n) is 8.38. The fourth-order valence-corrected chi connectivity index (χ4v) is 2.94. The molecule has 1 fully saturated rings. The van der Waals surface area contributed by atoms with Gasteiger partial charge >= 0.3 is 6.09 Å². The normalized spacial score (nSPS) is 16.4. The van der Waals surface area contributed by atoms with Crippen LogP contribution in [0.4, 0.5) is 15.0 Å². The second kappa shape index (κ2) is 9.36. The first kappa shape index (κ1) is 22.1. The molecule has 0 aromatic carbocycles. The third-order valence-electron chi connectivity index (χ3n) is 4.46. The first-order chi connectivity index (χ1) is 13.1. The number of halogens is 1. The van der Waals surface area contributed by atoms with Crippen LogP contribution in [-0.2, 0) is 22.5 Å². The van der Waals surface area contributed by atoms with E-state index < -0.39 is 17.9 Å². The summed E-state index contributed by atoms with van der Waals surface area (Å²) in [5.41, 5.74) is 0.317. The largest absolute Gasteiger partial charge is 0.444 e. The van der Waals surface area contributed by atoms with Crippen LogP contribution >= 0.6 is 0 Å². The summed E-state index contributed by atoms with van der Waals surface area (Å²) >= 11 is 0. The average molecular weight is 397 g/mol. The number of aromatic nitrogens is 2. The highest BCUT2D eigenvalue weighted by Crippen LogP contribution is 2.18. The summed E-state index contributed by atoms with van der Waals surface area (Å²) in [5.74, 6) is 0.696. The molecule has 2 amide bonds. The summed E-state index contributed by atoms with van der Waals surface area (Å²) in [7, 11) is 1.68. The third-order valence-corrected chi connectivity index (χ3v) is 4.46. The summed E-state index contributed by atoms with van der Waals surface area (Å²) < 4.78 is 20.0. The Hall–Kier alpha value is -2.16. The van der Waals surface area contributed by atoms with E-state index in [-0.39, 0.29) is 6.04 Å². The van der Waals surface area contributed by atoms with Gasteiger partial charge in [-0.15, -0.1) is 0 Å². The number of hydrogen-bond acceptors (Lipinski definition) is 5. The van der Waals surface area contributed by atoms with Crippen LogP contribution < -0.4 is 10.2 Å². The van der Waals surface area contributed by atoms with E-state index in [2.05, 4.69) is 10.4 Å². The van der Waals surface area contributed by atoms with Crippen molar-refractivity contribution in [1.82, 2.24) is 20.0 Å². The highest BCUT2D eigenvalue weighted by Gasteiger charge is 2.26. The lowest BCUT2D eigenvalue weighted by molar-refractivity contribution is -0.107. The maximum Gasteiger partial charge on any atom is 0.407 e. The number of anilines is 1. The molecule has 0 aliphatic carbocycles. The highest BCUT2D eigenvalue weighted by molar-refractivity contribution is 5.72. The Bertz CT molecular complexity index is 667. The van der Waals surface area contributed by atoms with Gasteiger partial charge in [0.15, 0.2) is 0 Å². The SMILES string of the molecule is CC(CCn1nc(CCN2CC(F)C2)cc1N(C)C=O)NC(=O)OC(C)(C)C. The average Bonchev–Trinajstić information content (AvgIpc) is 2.96. The molecule has 1 atom stereocenters. The highest BCUT2D eigenvalue weighted by atomic mass is 19.1. The van der Waals surface area contributed by atoms with Crippen LogP contribution in [0.15, 0.2) is 6.07 Å². The van der Waals surface area contributed by atoms with Gasteiger partial charge in [0, 0.05) is 51.8 Å². The number of alkyl carbamates (subject to hydrolysis) is 1. The fourth-order valence-electron chi connectivity index (χ4n) is 2.94. The van der Waals surface area contributed by atoms with Crippen LogP contribution in [0.3, 0.4) is 0 Å². The Morgan fingerprint density at radius 2 is 2.14 bits per heavy atom. The van der Waals surface area contributed by atoms with Crippen LogP contribution in [0.25, 0.3) is 0 Å². The zero-order valence-electron chi connectivity index (χ0n) is 17.4. The van der Waals surface area contributed by atoms with Crippen molar-refractivity contribution in [1.29, 1.82) is 0 Å². The van der Waals surface area contributed by atoms with Crippen LogP contribution in [0, 0.1) is 0 Å². The minimum atomic E-state index is -0.715. The number of amides is 2. The molecule has 1 unspecified atom stereocenters. The predicted octanol–water partition coefficient (Wildman–Crippen LogP) is 1.98. The van der Waals surface area contributed by atoms with Crippen LogP contribution in [0.2, 0.25) is 0 Å². The van der Waals surface area contributed by atoms with Gasteiger partial charge in [0.05, 0.1) is 5.69 Å². The van der Waals surface area contributed by atoms with Gasteiger partial charge in [-0.2, -0.15) is 5.10 Å². The second-order valence-corrected chi connectivity index (χ2v) is 8.38. The standard InChI is InChI=1S/C19H32FN5O3/c1-14(21-18(27)28-19(2,3)4)6-9-25-17(23(5)13-26)10-16(22-25)7-8-24-11-15(20)12-24/h10,13-15H,6-9,11-12H2,1-5H3,(H,21,27). The Labute approximate surface area is 166 Å². The zero-order valence-corrected chi connectivity index (χ0v) is 17.4. The van der Waals surface area contributed by atoms with Crippen molar-refractivity contribution in [2.75, 3.05) is 31.6 Å². The number of rotatable bonds is 9. The molecule has 9 heteroatoms. The lowest BCUT2D eigenvalue weighted by Gasteiger charge is -2.33. The first-order valence-corrected chi connectivity index (χ1v) is 9.68. The van der Waals surface area contributed by atoms with Crippen molar-refractivity contribution in [3.05, 3.63) is 11.8 Å². The van der Waals surface area contributed by atoms with E-state index in [0.29, 0.717) is 38.3 Å². The Morgan fingerprint density at radius 3 is 2.71 bits per heavy atom. The summed E-state index contributed by atoms with van der Waals surface area (Å²) in [4.78, 5) is 26.6. The summed E-state index contributed by atoms with van der Waals surface area (Å²) in [5, 5.41) is 7.40. The molecule has 1 aromatic rings. The third kappa shape index (κ3) is 6.78. The van der Waals surface area contributed by atoms with Crippen LogP contribution in [-0.4, -0.2) is 71.7 Å². The number of nitrogens with one attached hydrogen (secondary N) is 1. The fraction of sp³-hybridized carbons (Fsp3) is 0.737. The number of likely N-dealkylation sites (tertiary alicyclic amines) is 1. The van der Waals surface area contributed by atoms with Crippen LogP contribution in [0.5, 0.6) is 0 Å². The zero-order chi connectivity index (χ0) is 20.9. The van der Waals surface area contributed by atoms with Gasteiger partial charge in [0.1, 0.15) is 17.6 Å². The van der Waals surface area contributed by atoms with Crippen molar-refractivity contribution in [3.8, 4) is 0 Å². The molecule has 1 aromatic heterocycles. The molecule has 2 rings (SSSR count). The van der Waals surface area contributed by atoms with E-state index in [1.807, 2.05) is 38.7 Å². The number of ether oxygens (including phenoxy) is 1. The quantitative estimate of drug-likeness (QED) is 0.645. The topological polar surface area (TPSA) is 79.7 Å². The summed E-state index contributed by atoms with van der Waals surface area (Å²) in [6, 6.07) is 1.77. The van der Waals surface area contributed by atoms with E-state index in [0.717, 1.165) is 18.6 Å². The lowest BCUT2D eigenvalue weighted by atomic mass is 10.1. The van der Waals surface area contributed by atoms with Crippen molar-refractivity contribution >= 4 is 18.3 Å². The minimum absolute atomic E-state index is 0.112. The molecule has 8 nitrogen and oxygen atoms in total. The molecule has 0 radical (unpaired) electrons. The predicted molar refractivity (Wildman–Crippen MR) is 105 cm³/mol. The number of aryl methyl sites for hydroxylation is 1. The van der Waals surface area contributed by atoms with Gasteiger partial charge in [0.2, 0.25) is 6.41 Å². The minimum Gasteiger partial charge on any atom is -0.444 e. The Kier molecular flexibility index (Phi) is 7.40. The van der Waals surface area contributed by atoms with E-state index in [1.165, 1.54) is 4.90 Å². The van der Waals surface area contributed by atoms with Gasteiger partial charge in [0.25, 0.3) is 0 Å². The number of nitrogens with zero attached hydrogens (tertiary/aromatic N) is 4.